The molecule has 1 aromatic carbocycles. The molecule has 0 fully saturated rings. The van der Waals surface area contributed by atoms with E-state index in [2.05, 4.69) is 5.32 Å². The largest absolute Gasteiger partial charge is 0.449 e. The lowest BCUT2D eigenvalue weighted by Crippen LogP contribution is -2.41. The first-order valence-corrected chi connectivity index (χ1v) is 7.33. The number of ether oxygens (including phenoxy) is 1. The number of nitrogen functional groups attached to an aromatic ring is 1. The van der Waals surface area contributed by atoms with Gasteiger partial charge in [0.2, 0.25) is 0 Å². The Balaban J connectivity index is 2.67. The normalized spacial score (nSPS) is 12.0. The van der Waals surface area contributed by atoms with Gasteiger partial charge in [0.15, 0.2) is 6.10 Å². The van der Waals surface area contributed by atoms with Crippen molar-refractivity contribution in [1.82, 2.24) is 5.32 Å². The quantitative estimate of drug-likeness (QED) is 0.625. The van der Waals surface area contributed by atoms with Crippen LogP contribution in [0.15, 0.2) is 18.2 Å². The van der Waals surface area contributed by atoms with Gasteiger partial charge in [-0.05, 0) is 38.0 Å². The Morgan fingerprint density at radius 2 is 1.95 bits per heavy atom. The van der Waals surface area contributed by atoms with E-state index in [1.165, 1.54) is 19.1 Å². The number of benzene rings is 1. The second-order valence-corrected chi connectivity index (χ2v) is 5.24. The molecule has 1 atom stereocenters. The number of rotatable bonds is 6. The number of nitrogens with two attached hydrogens (primary N) is 1. The van der Waals surface area contributed by atoms with Crippen LogP contribution in [-0.4, -0.2) is 24.0 Å². The maximum absolute atomic E-state index is 12.0. The molecule has 0 spiro atoms. The maximum atomic E-state index is 12.0. The summed E-state index contributed by atoms with van der Waals surface area (Å²) in [5.41, 5.74) is 6.13. The molecule has 1 rings (SSSR count). The lowest BCUT2D eigenvalue weighted by Gasteiger charge is -2.19. The molecule has 0 bridgehead atoms. The van der Waals surface area contributed by atoms with Crippen molar-refractivity contribution < 1.29 is 14.3 Å². The molecule has 3 N–H and O–H groups in total. The number of esters is 1. The minimum Gasteiger partial charge on any atom is -0.449 e. The van der Waals surface area contributed by atoms with Crippen LogP contribution in [0, 0.1) is 0 Å². The number of amides is 1. The van der Waals surface area contributed by atoms with E-state index in [1.54, 1.807) is 6.07 Å². The molecular weight excluding hydrogens is 292 g/mol. The Morgan fingerprint density at radius 1 is 1.33 bits per heavy atom. The molecule has 0 aromatic heterocycles. The number of anilines is 1. The van der Waals surface area contributed by atoms with Crippen molar-refractivity contribution in [3.05, 3.63) is 28.8 Å². The first kappa shape index (κ1) is 17.3. The highest BCUT2D eigenvalue weighted by molar-refractivity contribution is 6.31. The van der Waals surface area contributed by atoms with E-state index in [1.807, 2.05) is 13.8 Å². The molecule has 116 valence electrons. The number of halogens is 1. The number of hydrogen-bond acceptors (Lipinski definition) is 4. The standard InChI is InChI=1S/C15H21ClN2O3/c1-4-11(5-2)18-14(19)9(3)21-15(20)12-7-6-10(16)8-13(12)17/h6-9,11H,4-5,17H2,1-3H3,(H,18,19). The van der Waals surface area contributed by atoms with Gasteiger partial charge < -0.3 is 15.8 Å². The zero-order valence-electron chi connectivity index (χ0n) is 12.5. The van der Waals surface area contributed by atoms with Crippen LogP contribution in [0.5, 0.6) is 0 Å². The topological polar surface area (TPSA) is 81.4 Å². The summed E-state index contributed by atoms with van der Waals surface area (Å²) >= 11 is 5.77. The molecule has 1 amide bonds. The van der Waals surface area contributed by atoms with Crippen LogP contribution in [0.1, 0.15) is 44.0 Å². The van der Waals surface area contributed by atoms with Gasteiger partial charge >= 0.3 is 5.97 Å². The van der Waals surface area contributed by atoms with Gasteiger partial charge in [0.05, 0.1) is 5.56 Å². The zero-order chi connectivity index (χ0) is 16.0. The lowest BCUT2D eigenvalue weighted by atomic mass is 10.1. The molecular formula is C15H21ClN2O3. The second kappa shape index (κ2) is 7.88. The monoisotopic (exact) mass is 312 g/mol. The molecule has 1 unspecified atom stereocenters. The SMILES string of the molecule is CCC(CC)NC(=O)C(C)OC(=O)c1ccc(Cl)cc1N. The molecule has 21 heavy (non-hydrogen) atoms. The Hall–Kier alpha value is -1.75. The predicted octanol–water partition coefficient (Wildman–Crippen LogP) is 2.77. The maximum Gasteiger partial charge on any atom is 0.341 e. The average molecular weight is 313 g/mol. The van der Waals surface area contributed by atoms with Crippen molar-refractivity contribution >= 4 is 29.2 Å². The highest BCUT2D eigenvalue weighted by Crippen LogP contribution is 2.19. The van der Waals surface area contributed by atoms with Gasteiger partial charge in [0, 0.05) is 16.8 Å². The molecule has 0 saturated carbocycles. The number of carbonyl (C=O) groups is 2. The fraction of sp³-hybridized carbons (Fsp3) is 0.467. The van der Waals surface area contributed by atoms with Crippen molar-refractivity contribution in [3.8, 4) is 0 Å². The third kappa shape index (κ3) is 4.93. The summed E-state index contributed by atoms with van der Waals surface area (Å²) in [5, 5.41) is 3.26. The van der Waals surface area contributed by atoms with Crippen LogP contribution < -0.4 is 11.1 Å². The Morgan fingerprint density at radius 3 is 2.48 bits per heavy atom. The van der Waals surface area contributed by atoms with E-state index in [4.69, 9.17) is 22.1 Å². The molecule has 0 aliphatic rings. The lowest BCUT2D eigenvalue weighted by molar-refractivity contribution is -0.129. The van der Waals surface area contributed by atoms with Crippen LogP contribution >= 0.6 is 11.6 Å². The van der Waals surface area contributed by atoms with E-state index in [-0.39, 0.29) is 23.2 Å². The minimum absolute atomic E-state index is 0.0826. The van der Waals surface area contributed by atoms with Crippen LogP contribution in [0.3, 0.4) is 0 Å². The molecule has 0 aliphatic carbocycles. The Kier molecular flexibility index (Phi) is 6.49. The first-order valence-electron chi connectivity index (χ1n) is 6.95. The van der Waals surface area contributed by atoms with Gasteiger partial charge in [-0.1, -0.05) is 25.4 Å². The smallest absolute Gasteiger partial charge is 0.341 e. The van der Waals surface area contributed by atoms with Gasteiger partial charge in [-0.3, -0.25) is 4.79 Å². The van der Waals surface area contributed by atoms with E-state index < -0.39 is 12.1 Å². The van der Waals surface area contributed by atoms with Gasteiger partial charge in [0.25, 0.3) is 5.91 Å². The van der Waals surface area contributed by atoms with Crippen LogP contribution in [0.25, 0.3) is 0 Å². The fourth-order valence-electron chi connectivity index (χ4n) is 1.81. The average Bonchev–Trinajstić information content (AvgIpc) is 2.44. The zero-order valence-corrected chi connectivity index (χ0v) is 13.2. The van der Waals surface area contributed by atoms with Crippen LogP contribution in [-0.2, 0) is 9.53 Å². The van der Waals surface area contributed by atoms with Crippen molar-refractivity contribution in [2.75, 3.05) is 5.73 Å². The summed E-state index contributed by atoms with van der Waals surface area (Å²) in [6.45, 7) is 5.50. The third-order valence-corrected chi connectivity index (χ3v) is 3.45. The molecule has 0 heterocycles. The summed E-state index contributed by atoms with van der Waals surface area (Å²) in [5.74, 6) is -0.957. The number of hydrogen-bond donors (Lipinski definition) is 2. The first-order chi connectivity index (χ1) is 9.88. The summed E-state index contributed by atoms with van der Waals surface area (Å²) in [4.78, 5) is 23.9. The molecule has 6 heteroatoms. The van der Waals surface area contributed by atoms with Gasteiger partial charge in [0.1, 0.15) is 0 Å². The van der Waals surface area contributed by atoms with Crippen LogP contribution in [0.4, 0.5) is 5.69 Å². The summed E-state index contributed by atoms with van der Waals surface area (Å²) in [6.07, 6.45) is 0.772. The Bertz CT molecular complexity index is 516. The number of nitrogens with one attached hydrogen (secondary N) is 1. The van der Waals surface area contributed by atoms with E-state index >= 15 is 0 Å². The predicted molar refractivity (Wildman–Crippen MR) is 83.3 cm³/mol. The Labute approximate surface area is 129 Å². The van der Waals surface area contributed by atoms with Crippen molar-refractivity contribution in [3.63, 3.8) is 0 Å². The molecule has 0 aliphatic heterocycles. The van der Waals surface area contributed by atoms with Crippen LogP contribution in [0.2, 0.25) is 5.02 Å². The minimum atomic E-state index is -0.881. The molecule has 0 radical (unpaired) electrons. The van der Waals surface area contributed by atoms with Gasteiger partial charge in [-0.2, -0.15) is 0 Å². The highest BCUT2D eigenvalue weighted by Gasteiger charge is 2.21. The summed E-state index contributed by atoms with van der Waals surface area (Å²) in [6, 6.07) is 4.57. The van der Waals surface area contributed by atoms with E-state index in [0.29, 0.717) is 5.02 Å². The van der Waals surface area contributed by atoms with Crippen molar-refractivity contribution in [2.45, 2.75) is 45.8 Å². The van der Waals surface area contributed by atoms with Gasteiger partial charge in [-0.25, -0.2) is 4.79 Å². The second-order valence-electron chi connectivity index (χ2n) is 4.80. The van der Waals surface area contributed by atoms with E-state index in [0.717, 1.165) is 12.8 Å². The molecule has 1 aromatic rings. The highest BCUT2D eigenvalue weighted by atomic mass is 35.5. The van der Waals surface area contributed by atoms with Crippen molar-refractivity contribution in [1.29, 1.82) is 0 Å². The van der Waals surface area contributed by atoms with E-state index in [9.17, 15) is 9.59 Å². The molecule has 0 saturated heterocycles. The molecule has 5 nitrogen and oxygen atoms in total. The summed E-state index contributed by atoms with van der Waals surface area (Å²) < 4.78 is 5.13. The summed E-state index contributed by atoms with van der Waals surface area (Å²) in [7, 11) is 0. The number of carbonyl (C=O) groups excluding carboxylic acids is 2. The van der Waals surface area contributed by atoms with Crippen molar-refractivity contribution in [2.24, 2.45) is 0 Å². The fourth-order valence-corrected chi connectivity index (χ4v) is 1.99. The third-order valence-electron chi connectivity index (χ3n) is 3.22. The van der Waals surface area contributed by atoms with Gasteiger partial charge in [-0.15, -0.1) is 0 Å².